The van der Waals surface area contributed by atoms with Crippen molar-refractivity contribution in [2.75, 3.05) is 6.54 Å². The van der Waals surface area contributed by atoms with Crippen LogP contribution in [-0.4, -0.2) is 21.5 Å². The molecule has 1 aliphatic rings. The minimum Gasteiger partial charge on any atom is -0.309 e. The standard InChI is InChI=1S/C13H16N4S/c1-2-14-9-5-3-6-10-11(9)17-13(18-10)12-15-7-4-8-16-12/h4,7-9,14H,2-3,5-6H2,1H3. The van der Waals surface area contributed by atoms with Gasteiger partial charge in [0.25, 0.3) is 0 Å². The van der Waals surface area contributed by atoms with Gasteiger partial charge in [0.15, 0.2) is 10.8 Å². The molecule has 5 heteroatoms. The fraction of sp³-hybridized carbons (Fsp3) is 0.462. The summed E-state index contributed by atoms with van der Waals surface area (Å²) in [5.41, 5.74) is 1.22. The lowest BCUT2D eigenvalue weighted by Gasteiger charge is -2.21. The maximum absolute atomic E-state index is 4.75. The maximum atomic E-state index is 4.75. The van der Waals surface area contributed by atoms with Crippen molar-refractivity contribution in [3.05, 3.63) is 29.0 Å². The third-order valence-corrected chi connectivity index (χ3v) is 4.29. The fourth-order valence-corrected chi connectivity index (χ4v) is 3.48. The Labute approximate surface area is 111 Å². The highest BCUT2D eigenvalue weighted by atomic mass is 32.1. The van der Waals surface area contributed by atoms with E-state index in [1.165, 1.54) is 23.4 Å². The van der Waals surface area contributed by atoms with E-state index >= 15 is 0 Å². The number of hydrogen-bond acceptors (Lipinski definition) is 5. The highest BCUT2D eigenvalue weighted by molar-refractivity contribution is 7.15. The van der Waals surface area contributed by atoms with E-state index in [4.69, 9.17) is 4.98 Å². The molecule has 2 aromatic heterocycles. The lowest BCUT2D eigenvalue weighted by atomic mass is 9.98. The molecule has 0 spiro atoms. The zero-order valence-electron chi connectivity index (χ0n) is 10.4. The summed E-state index contributed by atoms with van der Waals surface area (Å²) >= 11 is 1.74. The van der Waals surface area contributed by atoms with Gasteiger partial charge in [-0.25, -0.2) is 15.0 Å². The molecule has 2 aromatic rings. The first kappa shape index (κ1) is 11.7. The molecule has 1 atom stereocenters. The van der Waals surface area contributed by atoms with E-state index in [1.54, 1.807) is 23.7 Å². The van der Waals surface area contributed by atoms with Crippen molar-refractivity contribution in [1.29, 1.82) is 0 Å². The number of nitrogens with one attached hydrogen (secondary N) is 1. The number of aromatic nitrogens is 3. The minimum absolute atomic E-state index is 0.410. The van der Waals surface area contributed by atoms with Gasteiger partial charge in [0.2, 0.25) is 0 Å². The van der Waals surface area contributed by atoms with Crippen LogP contribution in [0.3, 0.4) is 0 Å². The summed E-state index contributed by atoms with van der Waals surface area (Å²) in [7, 11) is 0. The molecule has 0 fully saturated rings. The van der Waals surface area contributed by atoms with Gasteiger partial charge in [-0.1, -0.05) is 6.92 Å². The van der Waals surface area contributed by atoms with Crippen LogP contribution in [0.4, 0.5) is 0 Å². The van der Waals surface area contributed by atoms with Crippen molar-refractivity contribution in [1.82, 2.24) is 20.3 Å². The van der Waals surface area contributed by atoms with Crippen LogP contribution in [-0.2, 0) is 6.42 Å². The molecule has 1 aliphatic carbocycles. The SMILES string of the molecule is CCNC1CCCc2sc(-c3ncccn3)nc21. The lowest BCUT2D eigenvalue weighted by molar-refractivity contribution is 0.465. The van der Waals surface area contributed by atoms with Crippen LogP contribution in [0.1, 0.15) is 36.4 Å². The van der Waals surface area contributed by atoms with Crippen LogP contribution < -0.4 is 5.32 Å². The molecular formula is C13H16N4S. The predicted octanol–water partition coefficient (Wildman–Crippen LogP) is 2.59. The summed E-state index contributed by atoms with van der Waals surface area (Å²) in [6.07, 6.45) is 7.10. The van der Waals surface area contributed by atoms with Gasteiger partial charge in [-0.15, -0.1) is 11.3 Å². The summed E-state index contributed by atoms with van der Waals surface area (Å²) < 4.78 is 0. The molecule has 0 radical (unpaired) electrons. The largest absolute Gasteiger partial charge is 0.309 e. The number of fused-ring (bicyclic) bond motifs is 1. The van der Waals surface area contributed by atoms with Crippen LogP contribution in [0.5, 0.6) is 0 Å². The van der Waals surface area contributed by atoms with Crippen molar-refractivity contribution in [3.8, 4) is 10.8 Å². The first-order chi connectivity index (χ1) is 8.88. The van der Waals surface area contributed by atoms with Crippen LogP contribution in [0, 0.1) is 0 Å². The third-order valence-electron chi connectivity index (χ3n) is 3.16. The van der Waals surface area contributed by atoms with E-state index < -0.39 is 0 Å². The highest BCUT2D eigenvalue weighted by Gasteiger charge is 2.24. The van der Waals surface area contributed by atoms with Crippen molar-refractivity contribution < 1.29 is 0 Å². The zero-order valence-corrected chi connectivity index (χ0v) is 11.2. The third kappa shape index (κ3) is 2.15. The second-order valence-electron chi connectivity index (χ2n) is 4.40. The van der Waals surface area contributed by atoms with Crippen LogP contribution in [0.2, 0.25) is 0 Å². The average Bonchev–Trinajstić information content (AvgIpc) is 2.85. The Bertz CT molecular complexity index is 523. The maximum Gasteiger partial charge on any atom is 0.188 e. The number of hydrogen-bond donors (Lipinski definition) is 1. The Hall–Kier alpha value is -1.33. The second-order valence-corrected chi connectivity index (χ2v) is 5.49. The van der Waals surface area contributed by atoms with E-state index in [-0.39, 0.29) is 0 Å². The van der Waals surface area contributed by atoms with Gasteiger partial charge in [0.1, 0.15) is 0 Å². The Balaban J connectivity index is 1.96. The number of rotatable bonds is 3. The Morgan fingerprint density at radius 2 is 2.22 bits per heavy atom. The van der Waals surface area contributed by atoms with Crippen LogP contribution >= 0.6 is 11.3 Å². The van der Waals surface area contributed by atoms with Gasteiger partial charge in [0.05, 0.1) is 11.7 Å². The smallest absolute Gasteiger partial charge is 0.188 e. The summed E-state index contributed by atoms with van der Waals surface area (Å²) in [6.45, 7) is 3.13. The molecule has 0 aliphatic heterocycles. The fourth-order valence-electron chi connectivity index (χ4n) is 2.37. The zero-order chi connectivity index (χ0) is 12.4. The molecule has 0 amide bonds. The van der Waals surface area contributed by atoms with Gasteiger partial charge >= 0.3 is 0 Å². The summed E-state index contributed by atoms with van der Waals surface area (Å²) in [5, 5.41) is 4.46. The first-order valence-electron chi connectivity index (χ1n) is 6.39. The molecular weight excluding hydrogens is 244 g/mol. The predicted molar refractivity (Wildman–Crippen MR) is 72.5 cm³/mol. The van der Waals surface area contributed by atoms with Crippen molar-refractivity contribution >= 4 is 11.3 Å². The van der Waals surface area contributed by atoms with Crippen molar-refractivity contribution in [2.24, 2.45) is 0 Å². The lowest BCUT2D eigenvalue weighted by Crippen LogP contribution is -2.24. The van der Waals surface area contributed by atoms with Gasteiger partial charge < -0.3 is 5.32 Å². The van der Waals surface area contributed by atoms with E-state index in [2.05, 4.69) is 22.2 Å². The van der Waals surface area contributed by atoms with Gasteiger partial charge in [0, 0.05) is 17.3 Å². The topological polar surface area (TPSA) is 50.7 Å². The number of thiazole rings is 1. The quantitative estimate of drug-likeness (QED) is 0.921. The molecule has 4 nitrogen and oxygen atoms in total. The van der Waals surface area contributed by atoms with Crippen LogP contribution in [0.15, 0.2) is 18.5 Å². The van der Waals surface area contributed by atoms with Gasteiger partial charge in [-0.05, 0) is 31.9 Å². The van der Waals surface area contributed by atoms with Gasteiger partial charge in [-0.3, -0.25) is 0 Å². The molecule has 0 bridgehead atoms. The molecule has 3 rings (SSSR count). The second kappa shape index (κ2) is 5.12. The molecule has 1 unspecified atom stereocenters. The summed E-state index contributed by atoms with van der Waals surface area (Å²) in [6, 6.07) is 2.24. The first-order valence-corrected chi connectivity index (χ1v) is 7.20. The number of nitrogens with zero attached hydrogens (tertiary/aromatic N) is 3. The Morgan fingerprint density at radius 1 is 1.39 bits per heavy atom. The van der Waals surface area contributed by atoms with Crippen LogP contribution in [0.25, 0.3) is 10.8 Å². The van der Waals surface area contributed by atoms with E-state index in [1.807, 2.05) is 6.07 Å². The summed E-state index contributed by atoms with van der Waals surface area (Å²) in [4.78, 5) is 14.7. The minimum atomic E-state index is 0.410. The van der Waals surface area contributed by atoms with E-state index in [0.29, 0.717) is 6.04 Å². The molecule has 1 N–H and O–H groups in total. The summed E-state index contributed by atoms with van der Waals surface area (Å²) in [5.74, 6) is 0.743. The molecule has 0 aromatic carbocycles. The van der Waals surface area contributed by atoms with E-state index in [0.717, 1.165) is 23.8 Å². The van der Waals surface area contributed by atoms with Crippen molar-refractivity contribution in [3.63, 3.8) is 0 Å². The number of aryl methyl sites for hydroxylation is 1. The van der Waals surface area contributed by atoms with Gasteiger partial charge in [-0.2, -0.15) is 0 Å². The monoisotopic (exact) mass is 260 g/mol. The molecule has 0 saturated heterocycles. The normalized spacial score (nSPS) is 18.6. The molecule has 2 heterocycles. The highest BCUT2D eigenvalue weighted by Crippen LogP contribution is 2.35. The van der Waals surface area contributed by atoms with E-state index in [9.17, 15) is 0 Å². The molecule has 0 saturated carbocycles. The molecule has 94 valence electrons. The molecule has 18 heavy (non-hydrogen) atoms. The Kier molecular flexibility index (Phi) is 3.34. The van der Waals surface area contributed by atoms with Crippen molar-refractivity contribution in [2.45, 2.75) is 32.2 Å². The average molecular weight is 260 g/mol. The Morgan fingerprint density at radius 3 is 3.00 bits per heavy atom.